The van der Waals surface area contributed by atoms with Crippen LogP contribution in [0.25, 0.3) is 100 Å². The SMILES string of the molecule is c1ccc(-c2cc(-c3ccccc3)cc(-c3ccc(-c4cccc(-c5cccc(-c6nc(-c7ccccc7)c7oc8ccccc8c7n6)c5)c4)cc3)c2)cc1. The number of para-hydroxylation sites is 1. The van der Waals surface area contributed by atoms with Gasteiger partial charge in [0.15, 0.2) is 11.4 Å². The minimum atomic E-state index is 0.665. The molecule has 0 spiro atoms. The van der Waals surface area contributed by atoms with Crippen LogP contribution in [0.3, 0.4) is 0 Å². The summed E-state index contributed by atoms with van der Waals surface area (Å²) in [5.74, 6) is 0.665. The third-order valence-corrected chi connectivity index (χ3v) is 10.3. The molecular formula is C52H34N2O. The Kier molecular flexibility index (Phi) is 8.16. The molecule has 10 aromatic rings. The van der Waals surface area contributed by atoms with Crippen LogP contribution in [0, 0.1) is 0 Å². The van der Waals surface area contributed by atoms with Gasteiger partial charge < -0.3 is 4.42 Å². The summed E-state index contributed by atoms with van der Waals surface area (Å²) in [5.41, 5.74) is 16.8. The molecule has 3 heteroatoms. The van der Waals surface area contributed by atoms with Gasteiger partial charge in [-0.25, -0.2) is 9.97 Å². The average molecular weight is 703 g/mol. The van der Waals surface area contributed by atoms with Gasteiger partial charge in [-0.3, -0.25) is 0 Å². The van der Waals surface area contributed by atoms with Crippen LogP contribution in [-0.2, 0) is 0 Å². The van der Waals surface area contributed by atoms with Crippen molar-refractivity contribution < 1.29 is 4.42 Å². The topological polar surface area (TPSA) is 38.9 Å². The predicted octanol–water partition coefficient (Wildman–Crippen LogP) is 14.0. The van der Waals surface area contributed by atoms with Crippen molar-refractivity contribution >= 4 is 22.1 Å². The van der Waals surface area contributed by atoms with Crippen molar-refractivity contribution in [2.24, 2.45) is 0 Å². The highest BCUT2D eigenvalue weighted by Crippen LogP contribution is 2.37. The van der Waals surface area contributed by atoms with Crippen LogP contribution < -0.4 is 0 Å². The maximum Gasteiger partial charge on any atom is 0.180 e. The Morgan fingerprint density at radius 2 is 0.691 bits per heavy atom. The molecular weight excluding hydrogens is 669 g/mol. The first-order valence-corrected chi connectivity index (χ1v) is 18.6. The molecule has 0 fully saturated rings. The Hall–Kier alpha value is -7.36. The standard InChI is InChI=1S/C52H34N2O/c1-4-14-35(15-5-1)44-32-45(36-16-6-2-7-17-36)34-46(33-44)38-28-26-37(27-29-38)40-20-12-21-41(30-40)42-22-13-23-43(31-42)52-53-49(39-18-8-3-9-19-39)51-50(54-52)47-24-10-11-25-48(47)55-51/h1-34H. The largest absolute Gasteiger partial charge is 0.452 e. The number of fused-ring (bicyclic) bond motifs is 3. The van der Waals surface area contributed by atoms with Gasteiger partial charge in [0.05, 0.1) is 0 Å². The fourth-order valence-corrected chi connectivity index (χ4v) is 7.47. The van der Waals surface area contributed by atoms with Crippen LogP contribution in [0.2, 0.25) is 0 Å². The van der Waals surface area contributed by atoms with E-state index in [9.17, 15) is 0 Å². The van der Waals surface area contributed by atoms with Crippen molar-refractivity contribution in [1.82, 2.24) is 9.97 Å². The quantitative estimate of drug-likeness (QED) is 0.166. The van der Waals surface area contributed by atoms with Gasteiger partial charge in [-0.05, 0) is 98.1 Å². The van der Waals surface area contributed by atoms with Gasteiger partial charge in [0.25, 0.3) is 0 Å². The van der Waals surface area contributed by atoms with Crippen LogP contribution >= 0.6 is 0 Å². The summed E-state index contributed by atoms with van der Waals surface area (Å²) in [6.07, 6.45) is 0. The number of hydrogen-bond donors (Lipinski definition) is 0. The molecule has 2 heterocycles. The number of rotatable bonds is 7. The van der Waals surface area contributed by atoms with Gasteiger partial charge in [0, 0.05) is 16.5 Å². The minimum absolute atomic E-state index is 0.665. The zero-order valence-corrected chi connectivity index (χ0v) is 29.9. The van der Waals surface area contributed by atoms with Gasteiger partial charge in [0.1, 0.15) is 16.8 Å². The average Bonchev–Trinajstić information content (AvgIpc) is 3.66. The Balaban J connectivity index is 0.994. The molecule has 3 nitrogen and oxygen atoms in total. The first-order chi connectivity index (χ1) is 27.2. The molecule has 0 aliphatic heterocycles. The Morgan fingerprint density at radius 1 is 0.291 bits per heavy atom. The van der Waals surface area contributed by atoms with E-state index < -0.39 is 0 Å². The molecule has 0 amide bonds. The van der Waals surface area contributed by atoms with Crippen LogP contribution in [-0.4, -0.2) is 9.97 Å². The molecule has 10 rings (SSSR count). The van der Waals surface area contributed by atoms with Crippen molar-refractivity contribution in [1.29, 1.82) is 0 Å². The van der Waals surface area contributed by atoms with Gasteiger partial charge in [-0.15, -0.1) is 0 Å². The van der Waals surface area contributed by atoms with Crippen molar-refractivity contribution in [3.05, 3.63) is 206 Å². The van der Waals surface area contributed by atoms with Gasteiger partial charge in [-0.2, -0.15) is 0 Å². The van der Waals surface area contributed by atoms with Crippen LogP contribution in [0.4, 0.5) is 0 Å². The molecule has 258 valence electrons. The van der Waals surface area contributed by atoms with Crippen LogP contribution in [0.1, 0.15) is 0 Å². The Bertz CT molecular complexity index is 2890. The fraction of sp³-hybridized carbons (Fsp3) is 0. The van der Waals surface area contributed by atoms with Crippen LogP contribution in [0.15, 0.2) is 211 Å². The smallest absolute Gasteiger partial charge is 0.180 e. The van der Waals surface area contributed by atoms with E-state index in [-0.39, 0.29) is 0 Å². The summed E-state index contributed by atoms with van der Waals surface area (Å²) < 4.78 is 6.33. The molecule has 0 saturated heterocycles. The monoisotopic (exact) mass is 702 g/mol. The lowest BCUT2D eigenvalue weighted by Crippen LogP contribution is -1.94. The molecule has 0 atom stereocenters. The molecule has 0 bridgehead atoms. The molecule has 2 aromatic heterocycles. The van der Waals surface area contributed by atoms with E-state index in [0.29, 0.717) is 11.4 Å². The van der Waals surface area contributed by atoms with E-state index in [1.165, 1.54) is 33.4 Å². The molecule has 8 aromatic carbocycles. The van der Waals surface area contributed by atoms with Crippen molar-refractivity contribution in [3.63, 3.8) is 0 Å². The highest BCUT2D eigenvalue weighted by molar-refractivity contribution is 6.07. The van der Waals surface area contributed by atoms with Crippen molar-refractivity contribution in [2.45, 2.75) is 0 Å². The van der Waals surface area contributed by atoms with Gasteiger partial charge in [0.2, 0.25) is 0 Å². The second-order valence-corrected chi connectivity index (χ2v) is 13.8. The molecule has 0 saturated carbocycles. The lowest BCUT2D eigenvalue weighted by Gasteiger charge is -2.12. The summed E-state index contributed by atoms with van der Waals surface area (Å²) in [5, 5.41) is 0.980. The molecule has 0 N–H and O–H groups in total. The highest BCUT2D eigenvalue weighted by atomic mass is 16.3. The third-order valence-electron chi connectivity index (χ3n) is 10.3. The third kappa shape index (κ3) is 6.28. The van der Waals surface area contributed by atoms with E-state index >= 15 is 0 Å². The zero-order valence-electron chi connectivity index (χ0n) is 29.9. The van der Waals surface area contributed by atoms with E-state index in [1.807, 2.05) is 36.4 Å². The molecule has 0 unspecified atom stereocenters. The predicted molar refractivity (Wildman–Crippen MR) is 227 cm³/mol. The molecule has 0 radical (unpaired) electrons. The normalized spacial score (nSPS) is 11.3. The lowest BCUT2D eigenvalue weighted by molar-refractivity contribution is 0.667. The van der Waals surface area contributed by atoms with Gasteiger partial charge in [-0.1, -0.05) is 164 Å². The van der Waals surface area contributed by atoms with E-state index in [0.717, 1.165) is 55.6 Å². The van der Waals surface area contributed by atoms with Crippen LogP contribution in [0.5, 0.6) is 0 Å². The molecule has 0 aliphatic rings. The Morgan fingerprint density at radius 3 is 1.27 bits per heavy atom. The Labute approximate surface area is 319 Å². The summed E-state index contributed by atoms with van der Waals surface area (Å²) in [7, 11) is 0. The first kappa shape index (κ1) is 32.3. The van der Waals surface area contributed by atoms with E-state index in [2.05, 4.69) is 170 Å². The van der Waals surface area contributed by atoms with E-state index in [1.54, 1.807) is 0 Å². The van der Waals surface area contributed by atoms with Gasteiger partial charge >= 0.3 is 0 Å². The zero-order chi connectivity index (χ0) is 36.6. The summed E-state index contributed by atoms with van der Waals surface area (Å²) in [6.45, 7) is 0. The second-order valence-electron chi connectivity index (χ2n) is 13.8. The number of benzene rings is 8. The minimum Gasteiger partial charge on any atom is -0.452 e. The highest BCUT2D eigenvalue weighted by Gasteiger charge is 2.18. The second kappa shape index (κ2) is 13.9. The van der Waals surface area contributed by atoms with E-state index in [4.69, 9.17) is 14.4 Å². The summed E-state index contributed by atoms with van der Waals surface area (Å²) >= 11 is 0. The maximum atomic E-state index is 6.33. The first-order valence-electron chi connectivity index (χ1n) is 18.6. The summed E-state index contributed by atoms with van der Waals surface area (Å²) in [4.78, 5) is 10.2. The molecule has 55 heavy (non-hydrogen) atoms. The number of furan rings is 1. The number of nitrogens with zero attached hydrogens (tertiary/aromatic N) is 2. The molecule has 0 aliphatic carbocycles. The maximum absolute atomic E-state index is 6.33. The lowest BCUT2D eigenvalue weighted by atomic mass is 9.92. The summed E-state index contributed by atoms with van der Waals surface area (Å²) in [6, 6.07) is 72.5. The number of hydrogen-bond acceptors (Lipinski definition) is 3. The van der Waals surface area contributed by atoms with Crippen molar-refractivity contribution in [3.8, 4) is 78.3 Å². The number of aromatic nitrogens is 2. The fourth-order valence-electron chi connectivity index (χ4n) is 7.47. The van der Waals surface area contributed by atoms with Crippen molar-refractivity contribution in [2.75, 3.05) is 0 Å².